The number of likely N-dealkylation sites (tertiary alicyclic amines) is 1. The topological polar surface area (TPSA) is 57.9 Å². The number of hydrogen-bond acceptors (Lipinski definition) is 4. The maximum absolute atomic E-state index is 5.53. The first-order chi connectivity index (χ1) is 10.3. The zero-order valence-corrected chi connectivity index (χ0v) is 13.3. The van der Waals surface area contributed by atoms with Gasteiger partial charge in [-0.05, 0) is 43.6 Å². The third kappa shape index (κ3) is 3.99. The van der Waals surface area contributed by atoms with Crippen LogP contribution in [0.2, 0.25) is 0 Å². The van der Waals surface area contributed by atoms with E-state index in [1.54, 1.807) is 0 Å². The van der Waals surface area contributed by atoms with Gasteiger partial charge >= 0.3 is 0 Å². The van der Waals surface area contributed by atoms with E-state index in [1.807, 2.05) is 11.8 Å². The van der Waals surface area contributed by atoms with Crippen LogP contribution in [0.15, 0.2) is 18.2 Å². The van der Waals surface area contributed by atoms with Gasteiger partial charge in [-0.2, -0.15) is 11.8 Å². The van der Waals surface area contributed by atoms with Crippen LogP contribution < -0.4 is 5.73 Å². The lowest BCUT2D eigenvalue weighted by Crippen LogP contribution is -2.29. The van der Waals surface area contributed by atoms with Crippen LogP contribution in [0.4, 0.5) is 0 Å². The van der Waals surface area contributed by atoms with Crippen LogP contribution >= 0.6 is 11.8 Å². The molecule has 0 amide bonds. The van der Waals surface area contributed by atoms with Crippen molar-refractivity contribution in [3.8, 4) is 0 Å². The van der Waals surface area contributed by atoms with E-state index in [1.165, 1.54) is 37.9 Å². The Morgan fingerprint density at radius 3 is 2.90 bits per heavy atom. The Balaban J connectivity index is 1.67. The molecule has 0 spiro atoms. The molecule has 1 aromatic carbocycles. The highest BCUT2D eigenvalue weighted by molar-refractivity contribution is 7.98. The molecule has 1 fully saturated rings. The molecule has 2 aromatic rings. The second-order valence-electron chi connectivity index (χ2n) is 5.71. The van der Waals surface area contributed by atoms with Crippen LogP contribution in [0.1, 0.15) is 30.7 Å². The second-order valence-corrected chi connectivity index (χ2v) is 6.82. The lowest BCUT2D eigenvalue weighted by atomic mass is 10.1. The number of aromatic amines is 1. The third-order valence-electron chi connectivity index (χ3n) is 3.95. The SMILES string of the molecule is NCCSCc1ccc2nc(CN3CCCCC3)[nH]c2c1. The summed E-state index contributed by atoms with van der Waals surface area (Å²) in [6.45, 7) is 4.11. The van der Waals surface area contributed by atoms with Gasteiger partial charge in [-0.15, -0.1) is 0 Å². The van der Waals surface area contributed by atoms with E-state index in [4.69, 9.17) is 10.7 Å². The fourth-order valence-corrected chi connectivity index (χ4v) is 3.60. The molecule has 5 heteroatoms. The first-order valence-corrected chi connectivity index (χ1v) is 8.98. The summed E-state index contributed by atoms with van der Waals surface area (Å²) in [5, 5.41) is 0. The molecule has 3 N–H and O–H groups in total. The molecule has 114 valence electrons. The number of hydrogen-bond donors (Lipinski definition) is 2. The number of H-pyrrole nitrogens is 1. The molecule has 0 atom stereocenters. The van der Waals surface area contributed by atoms with Crippen molar-refractivity contribution in [3.05, 3.63) is 29.6 Å². The smallest absolute Gasteiger partial charge is 0.121 e. The standard InChI is InChI=1S/C16H24N4S/c17-6-9-21-12-13-4-5-14-15(10-13)19-16(18-14)11-20-7-2-1-3-8-20/h4-5,10H,1-3,6-9,11-12,17H2,(H,18,19). The van der Waals surface area contributed by atoms with E-state index in [9.17, 15) is 0 Å². The normalized spacial score (nSPS) is 16.6. The summed E-state index contributed by atoms with van der Waals surface area (Å²) in [4.78, 5) is 10.7. The van der Waals surface area contributed by atoms with E-state index >= 15 is 0 Å². The molecule has 0 bridgehead atoms. The highest BCUT2D eigenvalue weighted by atomic mass is 32.2. The molecule has 0 unspecified atom stereocenters. The van der Waals surface area contributed by atoms with Crippen molar-refractivity contribution in [1.82, 2.24) is 14.9 Å². The number of thioether (sulfide) groups is 1. The molecule has 1 saturated heterocycles. The zero-order valence-electron chi connectivity index (χ0n) is 12.5. The molecular weight excluding hydrogens is 280 g/mol. The Bertz CT molecular complexity index is 575. The molecule has 1 aliphatic rings. The number of nitrogens with two attached hydrogens (primary N) is 1. The quantitative estimate of drug-likeness (QED) is 0.806. The molecule has 4 nitrogen and oxygen atoms in total. The van der Waals surface area contributed by atoms with Crippen LogP contribution in [-0.4, -0.2) is 40.3 Å². The largest absolute Gasteiger partial charge is 0.341 e. The highest BCUT2D eigenvalue weighted by Gasteiger charge is 2.12. The summed E-state index contributed by atoms with van der Waals surface area (Å²) < 4.78 is 0. The van der Waals surface area contributed by atoms with Crippen LogP contribution in [0.5, 0.6) is 0 Å². The number of imidazole rings is 1. The van der Waals surface area contributed by atoms with Gasteiger partial charge in [0.15, 0.2) is 0 Å². The molecule has 21 heavy (non-hydrogen) atoms. The first kappa shape index (κ1) is 14.9. The lowest BCUT2D eigenvalue weighted by Gasteiger charge is -2.25. The Morgan fingerprint density at radius 1 is 1.24 bits per heavy atom. The molecule has 1 aromatic heterocycles. The van der Waals surface area contributed by atoms with Gasteiger partial charge in [-0.1, -0.05) is 12.5 Å². The third-order valence-corrected chi connectivity index (χ3v) is 5.01. The molecule has 0 saturated carbocycles. The number of piperidine rings is 1. The highest BCUT2D eigenvalue weighted by Crippen LogP contribution is 2.19. The summed E-state index contributed by atoms with van der Waals surface area (Å²) in [6, 6.07) is 6.53. The number of fused-ring (bicyclic) bond motifs is 1. The summed E-state index contributed by atoms with van der Waals surface area (Å²) in [5.74, 6) is 3.13. The van der Waals surface area contributed by atoms with Crippen LogP contribution in [0, 0.1) is 0 Å². The lowest BCUT2D eigenvalue weighted by molar-refractivity contribution is 0.216. The minimum Gasteiger partial charge on any atom is -0.341 e. The molecule has 3 rings (SSSR count). The van der Waals surface area contributed by atoms with Gasteiger partial charge in [0, 0.05) is 18.1 Å². The van der Waals surface area contributed by atoms with Gasteiger partial charge < -0.3 is 10.7 Å². The van der Waals surface area contributed by atoms with E-state index in [-0.39, 0.29) is 0 Å². The van der Waals surface area contributed by atoms with Gasteiger partial charge in [0.1, 0.15) is 5.82 Å². The molecule has 1 aliphatic heterocycles. The molecular formula is C16H24N4S. The summed E-state index contributed by atoms with van der Waals surface area (Å²) in [7, 11) is 0. The Morgan fingerprint density at radius 2 is 2.10 bits per heavy atom. The van der Waals surface area contributed by atoms with Crippen LogP contribution in [-0.2, 0) is 12.3 Å². The summed E-state index contributed by atoms with van der Waals surface area (Å²) in [6.07, 6.45) is 4.02. The van der Waals surface area contributed by atoms with Crippen LogP contribution in [0.25, 0.3) is 11.0 Å². The maximum atomic E-state index is 5.53. The minimum absolute atomic E-state index is 0.747. The van der Waals surface area contributed by atoms with Crippen molar-refractivity contribution in [2.24, 2.45) is 5.73 Å². The number of benzene rings is 1. The van der Waals surface area contributed by atoms with Gasteiger partial charge in [0.25, 0.3) is 0 Å². The summed E-state index contributed by atoms with van der Waals surface area (Å²) >= 11 is 1.88. The monoisotopic (exact) mass is 304 g/mol. The summed E-state index contributed by atoms with van der Waals surface area (Å²) in [5.41, 5.74) is 9.11. The number of nitrogens with one attached hydrogen (secondary N) is 1. The van der Waals surface area contributed by atoms with Gasteiger partial charge in [-0.25, -0.2) is 4.98 Å². The average molecular weight is 304 g/mol. The first-order valence-electron chi connectivity index (χ1n) is 7.83. The molecule has 0 radical (unpaired) electrons. The zero-order chi connectivity index (χ0) is 14.5. The predicted octanol–water partition coefficient (Wildman–Crippen LogP) is 2.74. The fraction of sp³-hybridized carbons (Fsp3) is 0.562. The van der Waals surface area contributed by atoms with E-state index in [0.29, 0.717) is 0 Å². The maximum Gasteiger partial charge on any atom is 0.121 e. The number of rotatable bonds is 6. The molecule has 0 aliphatic carbocycles. The van der Waals surface area contributed by atoms with E-state index < -0.39 is 0 Å². The second kappa shape index (κ2) is 7.29. The van der Waals surface area contributed by atoms with Crippen molar-refractivity contribution >= 4 is 22.8 Å². The van der Waals surface area contributed by atoms with E-state index in [0.717, 1.165) is 41.5 Å². The van der Waals surface area contributed by atoms with Crippen molar-refractivity contribution in [2.75, 3.05) is 25.4 Å². The van der Waals surface area contributed by atoms with Gasteiger partial charge in [0.05, 0.1) is 17.6 Å². The number of nitrogens with zero attached hydrogens (tertiary/aromatic N) is 2. The fourth-order valence-electron chi connectivity index (χ4n) is 2.88. The Kier molecular flexibility index (Phi) is 5.17. The number of aromatic nitrogens is 2. The Hall–Kier alpha value is -1.04. The van der Waals surface area contributed by atoms with E-state index in [2.05, 4.69) is 28.1 Å². The average Bonchev–Trinajstić information content (AvgIpc) is 2.90. The molecule has 2 heterocycles. The van der Waals surface area contributed by atoms with Crippen molar-refractivity contribution in [3.63, 3.8) is 0 Å². The van der Waals surface area contributed by atoms with Gasteiger partial charge in [-0.3, -0.25) is 4.90 Å². The van der Waals surface area contributed by atoms with Crippen LogP contribution in [0.3, 0.4) is 0 Å². The minimum atomic E-state index is 0.747. The van der Waals surface area contributed by atoms with Gasteiger partial charge in [0.2, 0.25) is 0 Å². The predicted molar refractivity (Wildman–Crippen MR) is 90.4 cm³/mol. The van der Waals surface area contributed by atoms with Crippen molar-refractivity contribution in [1.29, 1.82) is 0 Å². The van der Waals surface area contributed by atoms with Crippen molar-refractivity contribution < 1.29 is 0 Å². The Labute approximate surface area is 130 Å². The van der Waals surface area contributed by atoms with Crippen molar-refractivity contribution in [2.45, 2.75) is 31.6 Å².